The smallest absolute Gasteiger partial charge is 0.238 e. The SMILES string of the molecule is COc1ccc(Cl)c2c(=O)c3c([nH]c12)CCN(CC(=O)Nc1ccc(C)cc1C)C3. The Balaban J connectivity index is 1.57. The average Bonchev–Trinajstić information content (AvgIpc) is 2.71. The van der Waals surface area contributed by atoms with Crippen LogP contribution in [-0.2, 0) is 17.8 Å². The van der Waals surface area contributed by atoms with Gasteiger partial charge in [-0.15, -0.1) is 0 Å². The summed E-state index contributed by atoms with van der Waals surface area (Å²) in [6.45, 7) is 5.29. The van der Waals surface area contributed by atoms with Gasteiger partial charge in [0.2, 0.25) is 5.91 Å². The van der Waals surface area contributed by atoms with E-state index in [1.54, 1.807) is 19.2 Å². The Bertz CT molecular complexity index is 1200. The summed E-state index contributed by atoms with van der Waals surface area (Å²) in [5.74, 6) is 0.492. The largest absolute Gasteiger partial charge is 0.495 e. The molecule has 1 aliphatic rings. The Morgan fingerprint density at radius 1 is 1.27 bits per heavy atom. The van der Waals surface area contributed by atoms with Gasteiger partial charge in [0.15, 0.2) is 5.43 Å². The van der Waals surface area contributed by atoms with Crippen molar-refractivity contribution in [3.63, 3.8) is 0 Å². The Kier molecular flexibility index (Phi) is 5.54. The number of amides is 1. The van der Waals surface area contributed by atoms with E-state index in [9.17, 15) is 9.59 Å². The molecule has 7 heteroatoms. The van der Waals surface area contributed by atoms with Gasteiger partial charge < -0.3 is 15.0 Å². The number of fused-ring (bicyclic) bond motifs is 2. The third-order valence-electron chi connectivity index (χ3n) is 5.56. The van der Waals surface area contributed by atoms with Crippen molar-refractivity contribution >= 4 is 34.1 Å². The number of anilines is 1. The van der Waals surface area contributed by atoms with Gasteiger partial charge in [-0.05, 0) is 37.6 Å². The highest BCUT2D eigenvalue weighted by Crippen LogP contribution is 2.30. The number of carbonyl (C=O) groups excluding carboxylic acids is 1. The monoisotopic (exact) mass is 425 g/mol. The molecule has 6 nitrogen and oxygen atoms in total. The van der Waals surface area contributed by atoms with Crippen LogP contribution in [0.5, 0.6) is 5.75 Å². The van der Waals surface area contributed by atoms with Gasteiger partial charge in [0, 0.05) is 36.5 Å². The van der Waals surface area contributed by atoms with Gasteiger partial charge in [0.05, 0.1) is 29.6 Å². The molecule has 1 aliphatic heterocycles. The molecule has 2 aromatic carbocycles. The van der Waals surface area contributed by atoms with E-state index in [-0.39, 0.29) is 17.9 Å². The molecule has 4 rings (SSSR count). The van der Waals surface area contributed by atoms with E-state index in [1.165, 1.54) is 0 Å². The molecule has 0 spiro atoms. The van der Waals surface area contributed by atoms with Gasteiger partial charge in [0.25, 0.3) is 0 Å². The van der Waals surface area contributed by atoms with Crippen molar-refractivity contribution in [3.05, 3.63) is 68.0 Å². The summed E-state index contributed by atoms with van der Waals surface area (Å²) < 4.78 is 5.38. The van der Waals surface area contributed by atoms with Crippen LogP contribution in [0.1, 0.15) is 22.4 Å². The molecule has 1 amide bonds. The van der Waals surface area contributed by atoms with Gasteiger partial charge in [-0.25, -0.2) is 0 Å². The van der Waals surface area contributed by atoms with Gasteiger partial charge in [0.1, 0.15) is 5.75 Å². The van der Waals surface area contributed by atoms with Crippen molar-refractivity contribution in [2.45, 2.75) is 26.8 Å². The summed E-state index contributed by atoms with van der Waals surface area (Å²) >= 11 is 6.32. The quantitative estimate of drug-likeness (QED) is 0.666. The first-order valence-corrected chi connectivity index (χ1v) is 10.2. The molecule has 2 heterocycles. The van der Waals surface area contributed by atoms with Crippen LogP contribution in [0, 0.1) is 13.8 Å². The van der Waals surface area contributed by atoms with Crippen LogP contribution < -0.4 is 15.5 Å². The second-order valence-electron chi connectivity index (χ2n) is 7.74. The Hall–Kier alpha value is -2.83. The van der Waals surface area contributed by atoms with E-state index in [1.807, 2.05) is 36.9 Å². The van der Waals surface area contributed by atoms with Crippen LogP contribution in [0.15, 0.2) is 35.1 Å². The van der Waals surface area contributed by atoms with Crippen LogP contribution >= 0.6 is 11.6 Å². The number of rotatable bonds is 4. The number of benzene rings is 2. The summed E-state index contributed by atoms with van der Waals surface area (Å²) in [6, 6.07) is 9.35. The minimum atomic E-state index is -0.109. The van der Waals surface area contributed by atoms with Gasteiger partial charge >= 0.3 is 0 Å². The van der Waals surface area contributed by atoms with Crippen molar-refractivity contribution in [1.82, 2.24) is 9.88 Å². The molecule has 0 unspecified atom stereocenters. The van der Waals surface area contributed by atoms with E-state index in [0.717, 1.165) is 22.5 Å². The predicted octanol–water partition coefficient (Wildman–Crippen LogP) is 3.80. The van der Waals surface area contributed by atoms with Crippen molar-refractivity contribution in [2.75, 3.05) is 25.5 Å². The van der Waals surface area contributed by atoms with Crippen LogP contribution in [-0.4, -0.2) is 36.0 Å². The van der Waals surface area contributed by atoms with Gasteiger partial charge in [-0.2, -0.15) is 0 Å². The molecule has 0 bridgehead atoms. The maximum absolute atomic E-state index is 13.2. The molecule has 1 aromatic heterocycles. The standard InChI is InChI=1S/C23H24ClN3O3/c1-13-4-6-17(14(2)10-13)25-20(28)12-27-9-8-18-15(11-27)23(29)21-16(24)5-7-19(30-3)22(21)26-18/h4-7,10H,8-9,11-12H2,1-3H3,(H,25,28)(H,26,29). The topological polar surface area (TPSA) is 74.4 Å². The third kappa shape index (κ3) is 3.80. The van der Waals surface area contributed by atoms with E-state index in [2.05, 4.69) is 10.3 Å². The summed E-state index contributed by atoms with van der Waals surface area (Å²) in [6.07, 6.45) is 0.646. The predicted molar refractivity (Wildman–Crippen MR) is 120 cm³/mol. The summed E-state index contributed by atoms with van der Waals surface area (Å²) in [4.78, 5) is 31.1. The number of hydrogen-bond acceptors (Lipinski definition) is 4. The number of nitrogens with zero attached hydrogens (tertiary/aromatic N) is 1. The lowest BCUT2D eigenvalue weighted by atomic mass is 10.0. The second kappa shape index (κ2) is 8.13. The van der Waals surface area contributed by atoms with E-state index in [0.29, 0.717) is 46.7 Å². The number of ether oxygens (including phenoxy) is 1. The molecule has 0 radical (unpaired) electrons. The first-order chi connectivity index (χ1) is 14.4. The lowest BCUT2D eigenvalue weighted by Crippen LogP contribution is -2.39. The molecule has 156 valence electrons. The first-order valence-electron chi connectivity index (χ1n) is 9.87. The molecule has 0 saturated carbocycles. The van der Waals surface area contributed by atoms with Crippen LogP contribution in [0.3, 0.4) is 0 Å². The minimum absolute atomic E-state index is 0.0951. The number of aromatic nitrogens is 1. The van der Waals surface area contributed by atoms with E-state index < -0.39 is 0 Å². The minimum Gasteiger partial charge on any atom is -0.495 e. The highest BCUT2D eigenvalue weighted by molar-refractivity contribution is 6.35. The van der Waals surface area contributed by atoms with Gasteiger partial charge in [-0.1, -0.05) is 29.3 Å². The third-order valence-corrected chi connectivity index (χ3v) is 5.88. The zero-order valence-corrected chi connectivity index (χ0v) is 18.0. The fourth-order valence-electron chi connectivity index (χ4n) is 4.02. The Morgan fingerprint density at radius 3 is 2.80 bits per heavy atom. The Morgan fingerprint density at radius 2 is 2.07 bits per heavy atom. The van der Waals surface area contributed by atoms with Crippen LogP contribution in [0.4, 0.5) is 5.69 Å². The zero-order valence-electron chi connectivity index (χ0n) is 17.3. The number of pyridine rings is 1. The zero-order chi connectivity index (χ0) is 21.4. The number of H-pyrrole nitrogens is 1. The molecule has 0 saturated heterocycles. The summed E-state index contributed by atoms with van der Waals surface area (Å²) in [5.41, 5.74) is 5.03. The van der Waals surface area contributed by atoms with Crippen LogP contribution in [0.25, 0.3) is 10.9 Å². The molecular formula is C23H24ClN3O3. The molecular weight excluding hydrogens is 402 g/mol. The van der Waals surface area contributed by atoms with Crippen molar-refractivity contribution in [3.8, 4) is 5.75 Å². The number of hydrogen-bond donors (Lipinski definition) is 2. The molecule has 2 N–H and O–H groups in total. The fraction of sp³-hybridized carbons (Fsp3) is 0.304. The number of nitrogens with one attached hydrogen (secondary N) is 2. The number of aryl methyl sites for hydroxylation is 2. The lowest BCUT2D eigenvalue weighted by molar-refractivity contribution is -0.117. The number of halogens is 1. The maximum atomic E-state index is 13.2. The molecule has 0 atom stereocenters. The Labute approximate surface area is 179 Å². The first kappa shape index (κ1) is 20.4. The molecule has 30 heavy (non-hydrogen) atoms. The highest BCUT2D eigenvalue weighted by Gasteiger charge is 2.24. The normalized spacial score (nSPS) is 13.9. The summed E-state index contributed by atoms with van der Waals surface area (Å²) in [5, 5.41) is 3.79. The van der Waals surface area contributed by atoms with E-state index >= 15 is 0 Å². The lowest BCUT2D eigenvalue weighted by Gasteiger charge is -2.28. The van der Waals surface area contributed by atoms with Gasteiger partial charge in [-0.3, -0.25) is 14.5 Å². The van der Waals surface area contributed by atoms with Crippen molar-refractivity contribution in [2.24, 2.45) is 0 Å². The highest BCUT2D eigenvalue weighted by atomic mass is 35.5. The summed E-state index contributed by atoms with van der Waals surface area (Å²) in [7, 11) is 1.57. The van der Waals surface area contributed by atoms with Crippen LogP contribution in [0.2, 0.25) is 5.02 Å². The second-order valence-corrected chi connectivity index (χ2v) is 8.15. The number of methoxy groups -OCH3 is 1. The fourth-order valence-corrected chi connectivity index (χ4v) is 4.27. The number of aromatic amines is 1. The van der Waals surface area contributed by atoms with E-state index in [4.69, 9.17) is 16.3 Å². The van der Waals surface area contributed by atoms with Crippen molar-refractivity contribution < 1.29 is 9.53 Å². The molecule has 0 aliphatic carbocycles. The maximum Gasteiger partial charge on any atom is 0.238 e. The van der Waals surface area contributed by atoms with Crippen molar-refractivity contribution in [1.29, 1.82) is 0 Å². The molecule has 3 aromatic rings. The number of carbonyl (C=O) groups is 1. The average molecular weight is 426 g/mol. The molecule has 0 fully saturated rings.